The van der Waals surface area contributed by atoms with Gasteiger partial charge in [0.25, 0.3) is 10.0 Å². The fraction of sp³-hybridized carbons (Fsp3) is 0.257. The fourth-order valence-electron chi connectivity index (χ4n) is 4.83. The van der Waals surface area contributed by atoms with Crippen LogP contribution in [0.4, 0.5) is 5.69 Å². The Morgan fingerprint density at radius 2 is 1.32 bits per heavy atom. The zero-order valence-electron chi connectivity index (χ0n) is 25.3. The van der Waals surface area contributed by atoms with Gasteiger partial charge in [-0.2, -0.15) is 0 Å². The van der Waals surface area contributed by atoms with Crippen LogP contribution in [-0.4, -0.2) is 51.4 Å². The van der Waals surface area contributed by atoms with Gasteiger partial charge < -0.3 is 15.0 Å². The van der Waals surface area contributed by atoms with Gasteiger partial charge in [-0.05, 0) is 41.3 Å². The molecule has 0 saturated heterocycles. The van der Waals surface area contributed by atoms with Crippen molar-refractivity contribution in [3.8, 4) is 5.75 Å². The van der Waals surface area contributed by atoms with Crippen molar-refractivity contribution in [2.45, 2.75) is 37.8 Å². The molecule has 0 aliphatic carbocycles. The van der Waals surface area contributed by atoms with Crippen LogP contribution in [0.25, 0.3) is 0 Å². The summed E-state index contributed by atoms with van der Waals surface area (Å²) in [5.41, 5.74) is 1.91. The molecule has 4 aromatic carbocycles. The summed E-state index contributed by atoms with van der Waals surface area (Å²) in [5, 5.41) is 3.00. The van der Waals surface area contributed by atoms with E-state index < -0.39 is 28.5 Å². The molecule has 0 aromatic heterocycles. The van der Waals surface area contributed by atoms with Gasteiger partial charge in [0.05, 0.1) is 17.7 Å². The number of methoxy groups -OCH3 is 1. The second kappa shape index (κ2) is 15.2. The molecule has 0 spiro atoms. The summed E-state index contributed by atoms with van der Waals surface area (Å²) >= 11 is 0. The van der Waals surface area contributed by atoms with Crippen molar-refractivity contribution in [3.63, 3.8) is 0 Å². The number of anilines is 1. The Bertz CT molecular complexity index is 1610. The van der Waals surface area contributed by atoms with E-state index in [-0.39, 0.29) is 35.4 Å². The van der Waals surface area contributed by atoms with Gasteiger partial charge >= 0.3 is 0 Å². The van der Waals surface area contributed by atoms with E-state index in [0.29, 0.717) is 12.3 Å². The van der Waals surface area contributed by atoms with Crippen LogP contribution in [0.5, 0.6) is 5.75 Å². The number of amides is 2. The standard InChI is InChI=1S/C35H39N3O5S/c1-27(2)24-36-35(40)32(23-28-15-7-4-8-16-28)37(25-29-17-9-5-10-18-29)34(39)26-38(31-21-13-14-22-33(31)43-3)44(41,42)30-19-11-6-12-20-30/h4-22,27,32H,23-26H2,1-3H3,(H,36,40)/t32-/m1/s1. The third kappa shape index (κ3) is 8.26. The highest BCUT2D eigenvalue weighted by Crippen LogP contribution is 2.32. The Morgan fingerprint density at radius 1 is 0.773 bits per heavy atom. The molecule has 230 valence electrons. The Kier molecular flexibility index (Phi) is 11.2. The summed E-state index contributed by atoms with van der Waals surface area (Å²) in [6.07, 6.45) is 0.253. The zero-order chi connectivity index (χ0) is 31.5. The van der Waals surface area contributed by atoms with Gasteiger partial charge in [0.2, 0.25) is 11.8 Å². The maximum atomic E-state index is 14.5. The Morgan fingerprint density at radius 3 is 1.91 bits per heavy atom. The Balaban J connectivity index is 1.80. The predicted octanol–water partition coefficient (Wildman–Crippen LogP) is 5.30. The molecule has 0 heterocycles. The number of carbonyl (C=O) groups excluding carboxylic acids is 2. The zero-order valence-corrected chi connectivity index (χ0v) is 26.1. The topological polar surface area (TPSA) is 96.0 Å². The molecule has 0 radical (unpaired) electrons. The molecule has 0 saturated carbocycles. The van der Waals surface area contributed by atoms with E-state index in [1.807, 2.05) is 74.5 Å². The number of nitrogens with one attached hydrogen (secondary N) is 1. The highest BCUT2D eigenvalue weighted by Gasteiger charge is 2.35. The van der Waals surface area contributed by atoms with E-state index in [2.05, 4.69) is 5.32 Å². The SMILES string of the molecule is COc1ccccc1N(CC(=O)N(Cc1ccccc1)[C@H](Cc1ccccc1)C(=O)NCC(C)C)S(=O)(=O)c1ccccc1. The van der Waals surface area contributed by atoms with Gasteiger partial charge in [0.1, 0.15) is 18.3 Å². The normalized spacial score (nSPS) is 11.9. The van der Waals surface area contributed by atoms with Crippen LogP contribution in [0.1, 0.15) is 25.0 Å². The Hall–Kier alpha value is -4.63. The summed E-state index contributed by atoms with van der Waals surface area (Å²) in [5.74, 6) is -0.335. The van der Waals surface area contributed by atoms with Crippen LogP contribution < -0.4 is 14.4 Å². The van der Waals surface area contributed by atoms with Crippen molar-refractivity contribution in [1.82, 2.24) is 10.2 Å². The molecule has 2 amide bonds. The van der Waals surface area contributed by atoms with Gasteiger partial charge in [-0.25, -0.2) is 8.42 Å². The molecule has 0 fully saturated rings. The van der Waals surface area contributed by atoms with Crippen LogP contribution in [0.2, 0.25) is 0 Å². The maximum absolute atomic E-state index is 14.5. The highest BCUT2D eigenvalue weighted by molar-refractivity contribution is 7.92. The van der Waals surface area contributed by atoms with Gasteiger partial charge in [0, 0.05) is 19.5 Å². The van der Waals surface area contributed by atoms with Crippen molar-refractivity contribution in [2.75, 3.05) is 24.5 Å². The van der Waals surface area contributed by atoms with Crippen LogP contribution in [0.3, 0.4) is 0 Å². The molecule has 0 aliphatic heterocycles. The van der Waals surface area contributed by atoms with E-state index in [9.17, 15) is 18.0 Å². The molecular formula is C35H39N3O5S. The maximum Gasteiger partial charge on any atom is 0.264 e. The number of sulfonamides is 1. The smallest absolute Gasteiger partial charge is 0.264 e. The predicted molar refractivity (Wildman–Crippen MR) is 173 cm³/mol. The minimum Gasteiger partial charge on any atom is -0.495 e. The van der Waals surface area contributed by atoms with Gasteiger partial charge in [0.15, 0.2) is 0 Å². The summed E-state index contributed by atoms with van der Waals surface area (Å²) in [6, 6.07) is 32.6. The summed E-state index contributed by atoms with van der Waals surface area (Å²) in [4.78, 5) is 29.8. The van der Waals surface area contributed by atoms with Crippen molar-refractivity contribution in [2.24, 2.45) is 5.92 Å². The number of benzene rings is 4. The molecule has 0 aliphatic rings. The van der Waals surface area contributed by atoms with Crippen LogP contribution in [0, 0.1) is 5.92 Å². The quantitative estimate of drug-likeness (QED) is 0.208. The number of carbonyl (C=O) groups is 2. The second-order valence-electron chi connectivity index (χ2n) is 10.8. The van der Waals surface area contributed by atoms with Crippen molar-refractivity contribution in [3.05, 3.63) is 126 Å². The van der Waals surface area contributed by atoms with Crippen molar-refractivity contribution in [1.29, 1.82) is 0 Å². The summed E-state index contributed by atoms with van der Waals surface area (Å²) in [6.45, 7) is 4.00. The number of hydrogen-bond donors (Lipinski definition) is 1. The molecule has 1 atom stereocenters. The number of rotatable bonds is 14. The average Bonchev–Trinajstić information content (AvgIpc) is 3.05. The lowest BCUT2D eigenvalue weighted by Crippen LogP contribution is -2.53. The van der Waals surface area contributed by atoms with Crippen LogP contribution in [0.15, 0.2) is 120 Å². The Labute approximate surface area is 260 Å². The molecule has 4 aromatic rings. The van der Waals surface area contributed by atoms with Gasteiger partial charge in [-0.3, -0.25) is 13.9 Å². The van der Waals surface area contributed by atoms with Crippen molar-refractivity contribution >= 4 is 27.5 Å². The number of ether oxygens (including phenoxy) is 1. The van der Waals surface area contributed by atoms with E-state index >= 15 is 0 Å². The van der Waals surface area contributed by atoms with Crippen LogP contribution >= 0.6 is 0 Å². The monoisotopic (exact) mass is 613 g/mol. The number of hydrogen-bond acceptors (Lipinski definition) is 5. The van der Waals surface area contributed by atoms with E-state index in [4.69, 9.17) is 4.74 Å². The lowest BCUT2D eigenvalue weighted by Gasteiger charge is -2.34. The molecule has 9 heteroatoms. The lowest BCUT2D eigenvalue weighted by molar-refractivity contribution is -0.140. The fourth-order valence-corrected chi connectivity index (χ4v) is 6.27. The minimum atomic E-state index is -4.21. The molecular weight excluding hydrogens is 574 g/mol. The summed E-state index contributed by atoms with van der Waals surface area (Å²) in [7, 11) is -2.76. The van der Waals surface area contributed by atoms with Gasteiger partial charge in [-0.15, -0.1) is 0 Å². The number of nitrogens with zero attached hydrogens (tertiary/aromatic N) is 2. The molecule has 0 unspecified atom stereocenters. The third-order valence-corrected chi connectivity index (χ3v) is 8.89. The minimum absolute atomic E-state index is 0.0313. The second-order valence-corrected chi connectivity index (χ2v) is 12.7. The lowest BCUT2D eigenvalue weighted by atomic mass is 10.0. The van der Waals surface area contributed by atoms with E-state index in [1.54, 1.807) is 42.5 Å². The van der Waals surface area contributed by atoms with E-state index in [1.165, 1.54) is 24.1 Å². The molecule has 44 heavy (non-hydrogen) atoms. The first-order valence-electron chi connectivity index (χ1n) is 14.6. The first kappa shape index (κ1) is 32.3. The first-order valence-corrected chi connectivity index (χ1v) is 16.0. The molecule has 4 rings (SSSR count). The average molecular weight is 614 g/mol. The first-order chi connectivity index (χ1) is 21.2. The molecule has 0 bridgehead atoms. The number of para-hydroxylation sites is 2. The molecule has 8 nitrogen and oxygen atoms in total. The summed E-state index contributed by atoms with van der Waals surface area (Å²) < 4.78 is 34.8. The molecule has 1 N–H and O–H groups in total. The largest absolute Gasteiger partial charge is 0.495 e. The third-order valence-electron chi connectivity index (χ3n) is 7.12. The highest BCUT2D eigenvalue weighted by atomic mass is 32.2. The van der Waals surface area contributed by atoms with Crippen molar-refractivity contribution < 1.29 is 22.7 Å². The van der Waals surface area contributed by atoms with Crippen LogP contribution in [-0.2, 0) is 32.6 Å². The van der Waals surface area contributed by atoms with E-state index in [0.717, 1.165) is 15.4 Å². The van der Waals surface area contributed by atoms with Gasteiger partial charge in [-0.1, -0.05) is 105 Å².